The van der Waals surface area contributed by atoms with Crippen molar-refractivity contribution in [3.8, 4) is 0 Å². The Hall–Kier alpha value is -1.32. The quantitative estimate of drug-likeness (QED) is 0.907. The number of aryl methyl sites for hydroxylation is 1. The zero-order chi connectivity index (χ0) is 12.2. The lowest BCUT2D eigenvalue weighted by Gasteiger charge is -2.15. The molecule has 0 aliphatic carbocycles. The van der Waals surface area contributed by atoms with E-state index in [2.05, 4.69) is 47.1 Å². The fourth-order valence-corrected chi connectivity index (χ4v) is 2.92. The molecule has 0 fully saturated rings. The smallest absolute Gasteiger partial charge is 0.0814 e. The summed E-state index contributed by atoms with van der Waals surface area (Å²) in [6.07, 6.45) is 2.49. The van der Waals surface area contributed by atoms with Crippen LogP contribution in [-0.4, -0.2) is 12.6 Å². The van der Waals surface area contributed by atoms with Gasteiger partial charge in [0.25, 0.3) is 0 Å². The Morgan fingerprint density at radius 1 is 1.22 bits per heavy atom. The summed E-state index contributed by atoms with van der Waals surface area (Å²) in [5.41, 5.74) is 2.67. The molecule has 0 amide bonds. The van der Waals surface area contributed by atoms with Crippen LogP contribution in [0.25, 0.3) is 0 Å². The Labute approximate surface area is 112 Å². The lowest BCUT2D eigenvalue weighted by Crippen LogP contribution is -2.21. The van der Waals surface area contributed by atoms with E-state index in [1.807, 2.05) is 0 Å². The predicted molar refractivity (Wildman–Crippen MR) is 76.1 cm³/mol. The molecule has 1 aromatic heterocycles. The van der Waals surface area contributed by atoms with Gasteiger partial charge in [-0.2, -0.15) is 0 Å². The third-order valence-electron chi connectivity index (χ3n) is 3.31. The maximum absolute atomic E-state index is 5.99. The summed E-state index contributed by atoms with van der Waals surface area (Å²) in [5, 5.41) is 5.58. The Balaban J connectivity index is 1.58. The average Bonchev–Trinajstić information content (AvgIpc) is 2.84. The molecule has 3 heteroatoms. The SMILES string of the molecule is c1csc(COC2CCc3ccccc3NC2)c1. The van der Waals surface area contributed by atoms with Gasteiger partial charge in [-0.05, 0) is 35.9 Å². The lowest BCUT2D eigenvalue weighted by molar-refractivity contribution is 0.0464. The zero-order valence-corrected chi connectivity index (χ0v) is 11.1. The lowest BCUT2D eigenvalue weighted by atomic mass is 10.1. The molecule has 0 spiro atoms. The van der Waals surface area contributed by atoms with Crippen LogP contribution < -0.4 is 5.32 Å². The Morgan fingerprint density at radius 3 is 3.06 bits per heavy atom. The fourth-order valence-electron chi connectivity index (χ4n) is 2.29. The molecule has 1 unspecified atom stereocenters. The molecular weight excluding hydrogens is 242 g/mol. The Kier molecular flexibility index (Phi) is 3.62. The van der Waals surface area contributed by atoms with Crippen molar-refractivity contribution in [1.82, 2.24) is 0 Å². The van der Waals surface area contributed by atoms with Gasteiger partial charge in [0.2, 0.25) is 0 Å². The fraction of sp³-hybridized carbons (Fsp3) is 0.333. The van der Waals surface area contributed by atoms with Crippen molar-refractivity contribution in [3.05, 3.63) is 52.2 Å². The van der Waals surface area contributed by atoms with Crippen LogP contribution in [0.3, 0.4) is 0 Å². The standard InChI is InChI=1S/C15H17NOS/c1-2-6-15-12(4-1)7-8-13(10-16-15)17-11-14-5-3-9-18-14/h1-6,9,13,16H,7-8,10-11H2. The summed E-state index contributed by atoms with van der Waals surface area (Å²) in [5.74, 6) is 0. The summed E-state index contributed by atoms with van der Waals surface area (Å²) in [4.78, 5) is 1.30. The summed E-state index contributed by atoms with van der Waals surface area (Å²) in [6.45, 7) is 1.64. The summed E-state index contributed by atoms with van der Waals surface area (Å²) in [6, 6.07) is 12.7. The third-order valence-corrected chi connectivity index (χ3v) is 4.16. The van der Waals surface area contributed by atoms with E-state index in [-0.39, 0.29) is 0 Å². The van der Waals surface area contributed by atoms with Gasteiger partial charge in [0.1, 0.15) is 0 Å². The summed E-state index contributed by atoms with van der Waals surface area (Å²) < 4.78 is 5.99. The molecule has 2 heterocycles. The number of hydrogen-bond acceptors (Lipinski definition) is 3. The summed E-state index contributed by atoms with van der Waals surface area (Å²) >= 11 is 1.76. The molecule has 0 saturated heterocycles. The zero-order valence-electron chi connectivity index (χ0n) is 10.3. The number of hydrogen-bond donors (Lipinski definition) is 1. The Morgan fingerprint density at radius 2 is 2.17 bits per heavy atom. The first kappa shape index (κ1) is 11.8. The van der Waals surface area contributed by atoms with E-state index in [1.165, 1.54) is 16.1 Å². The molecule has 1 N–H and O–H groups in total. The molecule has 1 aliphatic rings. The van der Waals surface area contributed by atoms with Crippen molar-refractivity contribution in [2.24, 2.45) is 0 Å². The third kappa shape index (κ3) is 2.74. The van der Waals surface area contributed by atoms with Gasteiger partial charge in [0.05, 0.1) is 12.7 Å². The van der Waals surface area contributed by atoms with Crippen LogP contribution in [0.5, 0.6) is 0 Å². The number of rotatable bonds is 3. The minimum Gasteiger partial charge on any atom is -0.382 e. The van der Waals surface area contributed by atoms with Crippen molar-refractivity contribution in [3.63, 3.8) is 0 Å². The molecule has 1 aromatic carbocycles. The molecule has 18 heavy (non-hydrogen) atoms. The van der Waals surface area contributed by atoms with Gasteiger partial charge in [-0.15, -0.1) is 11.3 Å². The van der Waals surface area contributed by atoms with Crippen LogP contribution in [0, 0.1) is 0 Å². The van der Waals surface area contributed by atoms with Gasteiger partial charge in [0, 0.05) is 17.1 Å². The molecule has 0 saturated carbocycles. The van der Waals surface area contributed by atoms with E-state index >= 15 is 0 Å². The van der Waals surface area contributed by atoms with Gasteiger partial charge in [-0.3, -0.25) is 0 Å². The monoisotopic (exact) mass is 259 g/mol. The molecule has 2 nitrogen and oxygen atoms in total. The second-order valence-corrected chi connectivity index (χ2v) is 5.62. The molecule has 0 bridgehead atoms. The van der Waals surface area contributed by atoms with Gasteiger partial charge >= 0.3 is 0 Å². The van der Waals surface area contributed by atoms with E-state index in [9.17, 15) is 0 Å². The van der Waals surface area contributed by atoms with E-state index in [0.29, 0.717) is 6.10 Å². The highest BCUT2D eigenvalue weighted by molar-refractivity contribution is 7.09. The van der Waals surface area contributed by atoms with Crippen LogP contribution in [0.1, 0.15) is 16.9 Å². The van der Waals surface area contributed by atoms with E-state index in [0.717, 1.165) is 26.0 Å². The number of ether oxygens (including phenoxy) is 1. The van der Waals surface area contributed by atoms with Crippen molar-refractivity contribution in [2.45, 2.75) is 25.6 Å². The second-order valence-electron chi connectivity index (χ2n) is 4.59. The van der Waals surface area contributed by atoms with Crippen LogP contribution in [0.2, 0.25) is 0 Å². The number of nitrogens with one attached hydrogen (secondary N) is 1. The maximum Gasteiger partial charge on any atom is 0.0814 e. The highest BCUT2D eigenvalue weighted by atomic mass is 32.1. The molecular formula is C15H17NOS. The van der Waals surface area contributed by atoms with Crippen molar-refractivity contribution in [1.29, 1.82) is 0 Å². The van der Waals surface area contributed by atoms with Gasteiger partial charge in [0.15, 0.2) is 0 Å². The highest BCUT2D eigenvalue weighted by Crippen LogP contribution is 2.22. The average molecular weight is 259 g/mol. The first-order chi connectivity index (χ1) is 8.92. The minimum atomic E-state index is 0.305. The van der Waals surface area contributed by atoms with Crippen LogP contribution in [0.4, 0.5) is 5.69 Å². The van der Waals surface area contributed by atoms with E-state index in [4.69, 9.17) is 4.74 Å². The molecule has 2 aromatic rings. The number of thiophene rings is 1. The molecule has 0 radical (unpaired) electrons. The van der Waals surface area contributed by atoms with Crippen LogP contribution in [-0.2, 0) is 17.8 Å². The molecule has 3 rings (SSSR count). The topological polar surface area (TPSA) is 21.3 Å². The van der Waals surface area contributed by atoms with Gasteiger partial charge < -0.3 is 10.1 Å². The second kappa shape index (κ2) is 5.55. The first-order valence-corrected chi connectivity index (χ1v) is 7.25. The number of para-hydroxylation sites is 1. The van der Waals surface area contributed by atoms with E-state index < -0.39 is 0 Å². The summed E-state index contributed by atoms with van der Waals surface area (Å²) in [7, 11) is 0. The van der Waals surface area contributed by atoms with Crippen LogP contribution >= 0.6 is 11.3 Å². The normalized spacial score (nSPS) is 18.8. The van der Waals surface area contributed by atoms with Crippen molar-refractivity contribution < 1.29 is 4.74 Å². The van der Waals surface area contributed by atoms with Crippen molar-refractivity contribution in [2.75, 3.05) is 11.9 Å². The molecule has 1 aliphatic heterocycles. The van der Waals surface area contributed by atoms with Gasteiger partial charge in [-0.25, -0.2) is 0 Å². The first-order valence-electron chi connectivity index (χ1n) is 6.37. The highest BCUT2D eigenvalue weighted by Gasteiger charge is 2.15. The molecule has 1 atom stereocenters. The number of anilines is 1. The van der Waals surface area contributed by atoms with E-state index in [1.54, 1.807) is 11.3 Å². The minimum absolute atomic E-state index is 0.305. The largest absolute Gasteiger partial charge is 0.382 e. The number of benzene rings is 1. The van der Waals surface area contributed by atoms with Crippen molar-refractivity contribution >= 4 is 17.0 Å². The van der Waals surface area contributed by atoms with Gasteiger partial charge in [-0.1, -0.05) is 24.3 Å². The number of fused-ring (bicyclic) bond motifs is 1. The Bertz CT molecular complexity index is 465. The van der Waals surface area contributed by atoms with Crippen LogP contribution in [0.15, 0.2) is 41.8 Å². The maximum atomic E-state index is 5.99. The predicted octanol–water partition coefficient (Wildman–Crippen LogP) is 3.69. The molecule has 94 valence electrons.